The Kier molecular flexibility index (Phi) is 38.0. The van der Waals surface area contributed by atoms with E-state index in [1.807, 2.05) is 0 Å². The fourth-order valence-corrected chi connectivity index (χ4v) is 0.761. The molecule has 0 atom stereocenters. The molecule has 0 saturated heterocycles. The summed E-state index contributed by atoms with van der Waals surface area (Å²) in [5, 5.41) is 136. The van der Waals surface area contributed by atoms with Crippen molar-refractivity contribution in [1.29, 1.82) is 5.53 Å². The molecule has 0 radical (unpaired) electrons. The van der Waals surface area contributed by atoms with Gasteiger partial charge in [-0.2, -0.15) is 5.53 Å². The topological polar surface area (TPSA) is 517 Å². The van der Waals surface area contributed by atoms with Crippen molar-refractivity contribution >= 4 is 25.8 Å². The maximum absolute atomic E-state index is 6.25. The SMILES string of the molecule is N=N/N=N/N=N/N=N/N=N/N=N/N=N/N=N/N=N/N=N/N=N/N(OOOOOOOOOOOOS)OOOOOOOOOOOOOS. The molecule has 0 fully saturated rings. The lowest BCUT2D eigenvalue weighted by atomic mass is 12.3. The highest BCUT2D eigenvalue weighted by Crippen LogP contribution is 2.01. The molecule has 0 aromatic heterocycles. The second kappa shape index (κ2) is 42.1. The van der Waals surface area contributed by atoms with Crippen LogP contribution in [0.25, 0.3) is 0 Å². The maximum Gasteiger partial charge on any atom is 0.0559 e. The minimum Gasteiger partial charge on any atom is -0.183 e. The van der Waals surface area contributed by atoms with Crippen LogP contribution < -0.4 is 0 Å². The molecule has 280 valence electrons. The van der Waals surface area contributed by atoms with Gasteiger partial charge in [-0.1, -0.05) is 0 Å². The summed E-state index contributed by atoms with van der Waals surface area (Å²) >= 11 is 6.14. The predicted octanol–water partition coefficient (Wildman–Crippen LogP) is 2.89. The van der Waals surface area contributed by atoms with E-state index in [0.717, 1.165) is 0 Å². The van der Waals surface area contributed by atoms with Crippen LogP contribution in [0.1, 0.15) is 0 Å². The molecule has 0 aromatic rings. The van der Waals surface area contributed by atoms with Crippen LogP contribution in [-0.4, -0.2) is 5.34 Å². The largest absolute Gasteiger partial charge is 0.183 e. The molecule has 0 amide bonds. The maximum atomic E-state index is 6.25. The summed E-state index contributed by atoms with van der Waals surface area (Å²) in [5.41, 5.74) is 6.25. The molecule has 0 rings (SSSR count). The van der Waals surface area contributed by atoms with Crippen molar-refractivity contribution in [2.24, 2.45) is 110 Å². The second-order valence-electron chi connectivity index (χ2n) is 3.85. The van der Waals surface area contributed by atoms with E-state index in [2.05, 4.69) is 260 Å². The molecule has 0 aliphatic carbocycles. The van der Waals surface area contributed by atoms with E-state index in [-0.39, 0.29) is 5.34 Å². The lowest BCUT2D eigenvalue weighted by Crippen LogP contribution is -2.19. The van der Waals surface area contributed by atoms with E-state index in [4.69, 9.17) is 5.53 Å². The Bertz CT molecular complexity index is 1050. The molecule has 0 spiro atoms. The van der Waals surface area contributed by atoms with Crippen LogP contribution in [0.3, 0.4) is 0 Å². The van der Waals surface area contributed by atoms with Crippen LogP contribution in [-0.2, 0) is 124 Å². The smallest absolute Gasteiger partial charge is 0.0559 e. The average Bonchev–Trinajstić information content (AvgIpc) is 3.13. The fourth-order valence-electron chi connectivity index (χ4n) is 0.711. The Morgan fingerprint density at radius 2 is 0.500 bits per heavy atom. The van der Waals surface area contributed by atoms with Gasteiger partial charge >= 0.3 is 0 Å². The second-order valence-corrected chi connectivity index (χ2v) is 4.15. The molecule has 0 saturated carbocycles. The molecule has 0 bridgehead atoms. The molecule has 0 aliphatic rings. The Morgan fingerprint density at radius 3 is 0.760 bits per heavy atom. The van der Waals surface area contributed by atoms with Gasteiger partial charge in [-0.05, 0) is 158 Å². The van der Waals surface area contributed by atoms with E-state index in [0.29, 0.717) is 0 Å². The van der Waals surface area contributed by atoms with Gasteiger partial charge in [0.1, 0.15) is 0 Å². The van der Waals surface area contributed by atoms with Gasteiger partial charge in [0.15, 0.2) is 0 Å². The number of nitrogens with one attached hydrogen (secondary N) is 1. The number of hydrogen-bond donors (Lipinski definition) is 3. The summed E-state index contributed by atoms with van der Waals surface area (Å²) < 4.78 is 7.20. The van der Waals surface area contributed by atoms with Crippen LogP contribution in [0.5, 0.6) is 0 Å². The van der Waals surface area contributed by atoms with Crippen LogP contribution in [0.2, 0.25) is 0 Å². The standard InChI is InChI=1S/H3N23O25S2/c1-2-3-4-5-6-7-8-9-10-11-12-13-14-15-16-17-18-19-20-21-22-23(25-27-29-31-33-35-37-39-41-43-45-47-49)24-26-28-30-32-34-36-38-40-42-44-46-48-50/h1,49-50H/b2-1?,4-3+,6-5+,8-7+,10-9+,12-11+,14-13+,16-15+,18-17+,20-19+,22-21+. The molecule has 1 N–H and O–H groups in total. The van der Waals surface area contributed by atoms with Gasteiger partial charge in [-0.15, -0.1) is 8.67 Å². The average molecular weight is 789 g/mol. The summed E-state index contributed by atoms with van der Waals surface area (Å²) in [7, 11) is 0. The highest BCUT2D eigenvalue weighted by Gasteiger charge is 2.10. The summed E-state index contributed by atoms with van der Waals surface area (Å²) in [5.74, 6) is 0. The Hall–Kier alpha value is -4.90. The third-order valence-electron chi connectivity index (χ3n) is 1.65. The van der Waals surface area contributed by atoms with Crippen molar-refractivity contribution in [3.05, 3.63) is 0 Å². The Labute approximate surface area is 271 Å². The first kappa shape index (κ1) is 45.1. The zero-order valence-corrected chi connectivity index (χ0v) is 23.2. The van der Waals surface area contributed by atoms with Gasteiger partial charge in [0.05, 0.1) is 5.34 Å². The van der Waals surface area contributed by atoms with Crippen LogP contribution in [0.15, 0.2) is 110 Å². The van der Waals surface area contributed by atoms with Crippen molar-refractivity contribution in [3.63, 3.8) is 0 Å². The zero-order chi connectivity index (χ0) is 36.1. The molecular formula is H3N23O25S2. The molecule has 0 unspecified atom stereocenters. The van der Waals surface area contributed by atoms with Crippen molar-refractivity contribution in [3.8, 4) is 0 Å². The molecule has 50 heavy (non-hydrogen) atoms. The zero-order valence-electron chi connectivity index (χ0n) is 21.4. The van der Waals surface area contributed by atoms with Crippen molar-refractivity contribution in [2.75, 3.05) is 0 Å². The fraction of sp³-hybridized carbons (Fsp3) is 0. The monoisotopic (exact) mass is 789 g/mol. The van der Waals surface area contributed by atoms with Gasteiger partial charge in [0, 0.05) is 93.7 Å². The Balaban J connectivity index is 4.40. The third-order valence-corrected chi connectivity index (χ3v) is 1.78. The van der Waals surface area contributed by atoms with E-state index in [9.17, 15) is 0 Å². The predicted molar refractivity (Wildman–Crippen MR) is 101 cm³/mol. The number of rotatable bonds is 36. The summed E-state index contributed by atoms with van der Waals surface area (Å²) in [4.78, 5) is 8.10. The van der Waals surface area contributed by atoms with Crippen LogP contribution >= 0.6 is 25.8 Å². The van der Waals surface area contributed by atoms with Crippen molar-refractivity contribution in [2.45, 2.75) is 0 Å². The molecule has 0 aromatic carbocycles. The molecule has 0 aliphatic heterocycles. The first-order valence-electron chi connectivity index (χ1n) is 8.99. The van der Waals surface area contributed by atoms with E-state index in [1.54, 1.807) is 0 Å². The van der Waals surface area contributed by atoms with E-state index < -0.39 is 0 Å². The molecule has 48 nitrogen and oxygen atoms in total. The minimum atomic E-state index is -0.338. The minimum absolute atomic E-state index is 0.338. The molecule has 50 heteroatoms. The third kappa shape index (κ3) is 39.3. The van der Waals surface area contributed by atoms with Crippen molar-refractivity contribution in [1.82, 2.24) is 5.34 Å². The Morgan fingerprint density at radius 1 is 0.280 bits per heavy atom. The van der Waals surface area contributed by atoms with E-state index in [1.165, 1.54) is 0 Å². The number of thiol groups is 2. The van der Waals surface area contributed by atoms with Crippen LogP contribution in [0.4, 0.5) is 0 Å². The number of nitrogens with zero attached hydrogens (tertiary/aromatic N) is 22. The van der Waals surface area contributed by atoms with Gasteiger partial charge in [-0.3, -0.25) is 0 Å². The van der Waals surface area contributed by atoms with Crippen LogP contribution in [0, 0.1) is 5.53 Å². The summed E-state index contributed by atoms with van der Waals surface area (Å²) in [6, 6.07) is 0. The van der Waals surface area contributed by atoms with E-state index >= 15 is 0 Å². The number of hydrogen-bond acceptors (Lipinski definition) is 29. The first-order valence-corrected chi connectivity index (χ1v) is 9.72. The summed E-state index contributed by atoms with van der Waals surface area (Å²) in [6.45, 7) is 0. The highest BCUT2D eigenvalue weighted by molar-refractivity contribution is 7.75. The normalized spacial score (nSPS) is 13.1. The highest BCUT2D eigenvalue weighted by atomic mass is 32.1. The summed E-state index contributed by atoms with van der Waals surface area (Å²) in [6.07, 6.45) is 0. The lowest BCUT2D eigenvalue weighted by Gasteiger charge is -2.07. The lowest BCUT2D eigenvalue weighted by molar-refractivity contribution is -0.882. The molecule has 0 heterocycles. The quantitative estimate of drug-likeness (QED) is 0.0205. The van der Waals surface area contributed by atoms with Gasteiger partial charge < -0.3 is 0 Å². The first-order chi connectivity index (χ1) is 24.8. The van der Waals surface area contributed by atoms with Gasteiger partial charge in [0.2, 0.25) is 0 Å². The van der Waals surface area contributed by atoms with Gasteiger partial charge in [0.25, 0.3) is 0 Å². The molecular weight excluding hydrogens is 786 g/mol. The van der Waals surface area contributed by atoms with Crippen molar-refractivity contribution < 1.29 is 124 Å². The van der Waals surface area contributed by atoms with Gasteiger partial charge in [-0.25, -0.2) is 0 Å².